The van der Waals surface area contributed by atoms with E-state index in [-0.39, 0.29) is 16.5 Å². The van der Waals surface area contributed by atoms with E-state index in [1.54, 1.807) is 50.8 Å². The molecule has 0 radical (unpaired) electrons. The molecule has 14 heteroatoms. The Morgan fingerprint density at radius 3 is 2.27 bits per heavy atom. The first kappa shape index (κ1) is 33.5. The minimum Gasteiger partial charge on any atom is -0.479 e. The summed E-state index contributed by atoms with van der Waals surface area (Å²) in [5.74, 6) is 1.63. The lowest BCUT2D eigenvalue weighted by atomic mass is 10.0. The monoisotopic (exact) mass is 688 g/mol. The largest absolute Gasteiger partial charge is 0.479 e. The fraction of sp³-hybridized carbons (Fsp3) is 0.324. The van der Waals surface area contributed by atoms with Crippen molar-refractivity contribution in [3.8, 4) is 5.88 Å². The fourth-order valence-electron chi connectivity index (χ4n) is 5.93. The number of hydrogen-bond donors (Lipinski definition) is 2. The third-order valence-electron chi connectivity index (χ3n) is 8.63. The van der Waals surface area contributed by atoms with E-state index in [0.717, 1.165) is 41.3 Å². The predicted molar refractivity (Wildman–Crippen MR) is 193 cm³/mol. The van der Waals surface area contributed by atoms with Crippen molar-refractivity contribution in [2.45, 2.75) is 30.7 Å². The molecule has 0 saturated carbocycles. The van der Waals surface area contributed by atoms with Crippen LogP contribution in [0.1, 0.15) is 18.4 Å². The van der Waals surface area contributed by atoms with Crippen LogP contribution in [0, 0.1) is 6.92 Å². The highest BCUT2D eigenvalue weighted by Crippen LogP contribution is 2.39. The maximum absolute atomic E-state index is 13.9. The van der Waals surface area contributed by atoms with E-state index in [4.69, 9.17) is 19.7 Å². The summed E-state index contributed by atoms with van der Waals surface area (Å²) in [5, 5.41) is 7.66. The first-order chi connectivity index (χ1) is 22.8. The molecule has 1 fully saturated rings. The zero-order valence-corrected chi connectivity index (χ0v) is 29.7. The van der Waals surface area contributed by atoms with Crippen molar-refractivity contribution >= 4 is 62.5 Å². The molecule has 1 aliphatic rings. The van der Waals surface area contributed by atoms with Crippen LogP contribution in [-0.2, 0) is 14.6 Å². The standard InChI is InChI=1S/C34H41N8O4PS/c1-23-11-13-25(14-12-23)48(44,45)42-22-19-26-31(35-27-9-7-8-10-29(27)47(5,6)43)38-34(39-32(26)42)36-28-15-16-30(37-33(28)46-4)41-20-17-24(18-21-41)40(2)3/h7-16,19,22,24H,17-18,20-21H2,1-6H3,(H2,35,36,38,39). The van der Waals surface area contributed by atoms with Gasteiger partial charge in [-0.3, -0.25) is 0 Å². The Hall–Kier alpha value is -4.45. The van der Waals surface area contributed by atoms with E-state index in [9.17, 15) is 13.0 Å². The number of rotatable bonds is 10. The Balaban J connectivity index is 1.42. The fourth-order valence-corrected chi connectivity index (χ4v) is 8.38. The zero-order chi connectivity index (χ0) is 34.2. The molecule has 2 aromatic carbocycles. The average Bonchev–Trinajstić information content (AvgIpc) is 3.50. The number of pyridine rings is 1. The number of para-hydroxylation sites is 1. The highest BCUT2D eigenvalue weighted by atomic mass is 32.2. The molecular weight excluding hydrogens is 647 g/mol. The zero-order valence-electron chi connectivity index (χ0n) is 28.0. The number of anilines is 5. The lowest BCUT2D eigenvalue weighted by molar-refractivity contribution is 0.249. The molecule has 0 unspecified atom stereocenters. The Morgan fingerprint density at radius 2 is 1.60 bits per heavy atom. The number of fused-ring (bicyclic) bond motifs is 1. The summed E-state index contributed by atoms with van der Waals surface area (Å²) >= 11 is 0. The van der Waals surface area contributed by atoms with Crippen LogP contribution in [0.25, 0.3) is 11.0 Å². The van der Waals surface area contributed by atoms with Crippen LogP contribution in [0.2, 0.25) is 0 Å². The smallest absolute Gasteiger partial charge is 0.269 e. The van der Waals surface area contributed by atoms with Gasteiger partial charge < -0.3 is 29.7 Å². The van der Waals surface area contributed by atoms with Gasteiger partial charge in [0.1, 0.15) is 24.5 Å². The summed E-state index contributed by atoms with van der Waals surface area (Å²) < 4.78 is 47.8. The summed E-state index contributed by atoms with van der Waals surface area (Å²) in [4.78, 5) is 18.9. The first-order valence-electron chi connectivity index (χ1n) is 15.7. The molecule has 4 heterocycles. The van der Waals surface area contributed by atoms with E-state index < -0.39 is 17.2 Å². The number of benzene rings is 2. The topological polar surface area (TPSA) is 135 Å². The molecule has 5 aromatic rings. The molecule has 0 atom stereocenters. The highest BCUT2D eigenvalue weighted by Gasteiger charge is 2.25. The van der Waals surface area contributed by atoms with Crippen LogP contribution in [0.4, 0.5) is 29.0 Å². The lowest BCUT2D eigenvalue weighted by Gasteiger charge is -2.36. The van der Waals surface area contributed by atoms with Crippen LogP contribution in [0.3, 0.4) is 0 Å². The second kappa shape index (κ2) is 13.2. The second-order valence-electron chi connectivity index (χ2n) is 12.6. The Morgan fingerprint density at radius 1 is 0.896 bits per heavy atom. The average molecular weight is 689 g/mol. The van der Waals surface area contributed by atoms with Crippen LogP contribution in [-0.4, -0.2) is 85.9 Å². The van der Waals surface area contributed by atoms with E-state index in [1.807, 2.05) is 43.3 Å². The molecule has 0 amide bonds. The van der Waals surface area contributed by atoms with Gasteiger partial charge in [0.05, 0.1) is 23.1 Å². The number of hydrogen-bond acceptors (Lipinski definition) is 11. The van der Waals surface area contributed by atoms with Gasteiger partial charge in [0.2, 0.25) is 11.8 Å². The van der Waals surface area contributed by atoms with Crippen LogP contribution >= 0.6 is 7.14 Å². The number of methoxy groups -OCH3 is 1. The molecule has 2 N–H and O–H groups in total. The van der Waals surface area contributed by atoms with Gasteiger partial charge in [-0.15, -0.1) is 0 Å². The van der Waals surface area contributed by atoms with Crippen molar-refractivity contribution in [3.05, 3.63) is 78.5 Å². The van der Waals surface area contributed by atoms with Gasteiger partial charge in [-0.25, -0.2) is 12.4 Å². The summed E-state index contributed by atoms with van der Waals surface area (Å²) in [6, 6.07) is 20.0. The highest BCUT2D eigenvalue weighted by molar-refractivity contribution is 7.90. The van der Waals surface area contributed by atoms with Gasteiger partial charge in [-0.2, -0.15) is 15.0 Å². The van der Waals surface area contributed by atoms with Crippen molar-refractivity contribution in [2.24, 2.45) is 0 Å². The molecule has 3 aromatic heterocycles. The number of nitrogens with one attached hydrogen (secondary N) is 2. The third-order valence-corrected chi connectivity index (χ3v) is 11.9. The number of aromatic nitrogens is 4. The quantitative estimate of drug-likeness (QED) is 0.177. The van der Waals surface area contributed by atoms with Gasteiger partial charge in [0.25, 0.3) is 10.0 Å². The Kier molecular flexibility index (Phi) is 9.21. The summed E-state index contributed by atoms with van der Waals surface area (Å²) in [7, 11) is -0.906. The minimum absolute atomic E-state index is 0.123. The first-order valence-corrected chi connectivity index (χ1v) is 19.8. The maximum atomic E-state index is 13.9. The summed E-state index contributed by atoms with van der Waals surface area (Å²) in [6.45, 7) is 7.08. The third kappa shape index (κ3) is 6.76. The van der Waals surface area contributed by atoms with E-state index in [2.05, 4.69) is 34.5 Å². The van der Waals surface area contributed by atoms with Crippen molar-refractivity contribution in [1.82, 2.24) is 23.8 Å². The van der Waals surface area contributed by atoms with Gasteiger partial charge in [0, 0.05) is 30.6 Å². The van der Waals surface area contributed by atoms with Gasteiger partial charge in [-0.1, -0.05) is 29.8 Å². The van der Waals surface area contributed by atoms with Crippen molar-refractivity contribution in [3.63, 3.8) is 0 Å². The second-order valence-corrected chi connectivity index (χ2v) is 17.6. The van der Waals surface area contributed by atoms with Gasteiger partial charge >= 0.3 is 0 Å². The minimum atomic E-state index is -4.01. The molecule has 0 bridgehead atoms. The summed E-state index contributed by atoms with van der Waals surface area (Å²) in [6.07, 6.45) is 3.55. The number of aryl methyl sites for hydroxylation is 1. The Labute approximate surface area is 281 Å². The van der Waals surface area contributed by atoms with E-state index in [1.165, 1.54) is 6.20 Å². The van der Waals surface area contributed by atoms with Crippen molar-refractivity contribution in [1.29, 1.82) is 0 Å². The van der Waals surface area contributed by atoms with E-state index in [0.29, 0.717) is 39.8 Å². The molecule has 12 nitrogen and oxygen atoms in total. The molecular formula is C34H41N8O4PS. The SMILES string of the molecule is COc1nc(N2CCC(N(C)C)CC2)ccc1Nc1nc(Nc2ccccc2P(C)(C)=O)c2ccn(S(=O)(=O)c3ccc(C)cc3)c2n1. The van der Waals surface area contributed by atoms with Crippen LogP contribution < -0.4 is 25.6 Å². The molecule has 0 spiro atoms. The summed E-state index contributed by atoms with van der Waals surface area (Å²) in [5.41, 5.74) is 2.23. The van der Waals surface area contributed by atoms with Gasteiger partial charge in [0.15, 0.2) is 5.65 Å². The number of piperidine rings is 1. The van der Waals surface area contributed by atoms with Crippen molar-refractivity contribution in [2.75, 3.05) is 63.2 Å². The van der Waals surface area contributed by atoms with Crippen LogP contribution in [0.5, 0.6) is 5.88 Å². The van der Waals surface area contributed by atoms with Crippen LogP contribution in [0.15, 0.2) is 77.8 Å². The van der Waals surface area contributed by atoms with Crippen molar-refractivity contribution < 1.29 is 17.7 Å². The molecule has 1 aliphatic heterocycles. The van der Waals surface area contributed by atoms with E-state index >= 15 is 0 Å². The molecule has 1 saturated heterocycles. The molecule has 0 aliphatic carbocycles. The lowest BCUT2D eigenvalue weighted by Crippen LogP contribution is -2.42. The molecule has 48 heavy (non-hydrogen) atoms. The molecule has 252 valence electrons. The van der Waals surface area contributed by atoms with Gasteiger partial charge in [-0.05, 0) is 89.7 Å². The molecule has 6 rings (SSSR count). The normalized spacial score (nSPS) is 14.4. The maximum Gasteiger partial charge on any atom is 0.269 e. The number of nitrogens with zero attached hydrogens (tertiary/aromatic N) is 6. The number of ether oxygens (including phenoxy) is 1. The predicted octanol–water partition coefficient (Wildman–Crippen LogP) is 5.65. The Bertz CT molecular complexity index is 2100.